The van der Waals surface area contributed by atoms with Crippen LogP contribution in [0.25, 0.3) is 11.0 Å². The first kappa shape index (κ1) is 12.6. The van der Waals surface area contributed by atoms with E-state index in [-0.39, 0.29) is 5.56 Å². The van der Waals surface area contributed by atoms with E-state index in [1.54, 1.807) is 12.1 Å². The van der Waals surface area contributed by atoms with Crippen LogP contribution in [0.15, 0.2) is 24.5 Å². The van der Waals surface area contributed by atoms with Gasteiger partial charge in [-0.25, -0.2) is 9.78 Å². The molecule has 18 heavy (non-hydrogen) atoms. The summed E-state index contributed by atoms with van der Waals surface area (Å²) >= 11 is 0. The van der Waals surface area contributed by atoms with Crippen LogP contribution in [0.1, 0.15) is 43.6 Å². The van der Waals surface area contributed by atoms with E-state index in [2.05, 4.69) is 30.3 Å². The van der Waals surface area contributed by atoms with Gasteiger partial charge in [-0.1, -0.05) is 20.8 Å². The Bertz CT molecular complexity index is 572. The molecule has 1 aromatic carbocycles. The standard InChI is InChI=1S/C14H18N2O2/c1-4-12(9(2)3)16-8-15-11-7-10(14(17)18)5-6-13(11)16/h5-9,12H,4H2,1-3H3,(H,17,18). The topological polar surface area (TPSA) is 55.1 Å². The number of imidazole rings is 1. The molecule has 1 N–H and O–H groups in total. The first-order valence-corrected chi connectivity index (χ1v) is 6.24. The largest absolute Gasteiger partial charge is 0.478 e. The molecule has 96 valence electrons. The monoisotopic (exact) mass is 246 g/mol. The predicted molar refractivity (Wildman–Crippen MR) is 70.9 cm³/mol. The van der Waals surface area contributed by atoms with Gasteiger partial charge in [0.2, 0.25) is 0 Å². The summed E-state index contributed by atoms with van der Waals surface area (Å²) in [6.07, 6.45) is 2.84. The van der Waals surface area contributed by atoms with Crippen LogP contribution in [-0.4, -0.2) is 20.6 Å². The Morgan fingerprint density at radius 2 is 2.17 bits per heavy atom. The maximum absolute atomic E-state index is 10.9. The van der Waals surface area contributed by atoms with Crippen molar-refractivity contribution in [1.29, 1.82) is 0 Å². The molecule has 0 amide bonds. The Labute approximate surface area is 106 Å². The fourth-order valence-corrected chi connectivity index (χ4v) is 2.42. The van der Waals surface area contributed by atoms with Crippen molar-refractivity contribution in [2.45, 2.75) is 33.2 Å². The van der Waals surface area contributed by atoms with Crippen molar-refractivity contribution in [3.05, 3.63) is 30.1 Å². The number of fused-ring (bicyclic) bond motifs is 1. The predicted octanol–water partition coefficient (Wildman–Crippen LogP) is 3.34. The zero-order chi connectivity index (χ0) is 13.3. The number of nitrogens with zero attached hydrogens (tertiary/aromatic N) is 2. The molecule has 2 aromatic rings. The zero-order valence-electron chi connectivity index (χ0n) is 10.9. The Kier molecular flexibility index (Phi) is 3.36. The molecule has 0 aliphatic heterocycles. The van der Waals surface area contributed by atoms with Gasteiger partial charge in [-0.3, -0.25) is 0 Å². The molecule has 0 aliphatic carbocycles. The molecule has 0 radical (unpaired) electrons. The van der Waals surface area contributed by atoms with Crippen LogP contribution in [-0.2, 0) is 0 Å². The molecule has 0 saturated carbocycles. The number of benzene rings is 1. The van der Waals surface area contributed by atoms with E-state index >= 15 is 0 Å². The van der Waals surface area contributed by atoms with E-state index in [0.29, 0.717) is 12.0 Å². The van der Waals surface area contributed by atoms with Crippen LogP contribution < -0.4 is 0 Å². The van der Waals surface area contributed by atoms with Crippen molar-refractivity contribution >= 4 is 17.0 Å². The van der Waals surface area contributed by atoms with Gasteiger partial charge in [0, 0.05) is 6.04 Å². The third kappa shape index (κ3) is 2.10. The highest BCUT2D eigenvalue weighted by Crippen LogP contribution is 2.26. The Morgan fingerprint density at radius 1 is 1.44 bits per heavy atom. The molecule has 0 bridgehead atoms. The summed E-state index contributed by atoms with van der Waals surface area (Å²) in [5.74, 6) is -0.395. The second-order valence-corrected chi connectivity index (χ2v) is 4.88. The Morgan fingerprint density at radius 3 is 2.72 bits per heavy atom. The number of hydrogen-bond donors (Lipinski definition) is 1. The summed E-state index contributed by atoms with van der Waals surface area (Å²) in [5, 5.41) is 8.96. The minimum absolute atomic E-state index is 0.283. The lowest BCUT2D eigenvalue weighted by atomic mass is 10.0. The molecular formula is C14H18N2O2. The molecule has 4 heteroatoms. The Hall–Kier alpha value is -1.84. The third-order valence-corrected chi connectivity index (χ3v) is 3.37. The van der Waals surface area contributed by atoms with Crippen LogP contribution in [0.3, 0.4) is 0 Å². The van der Waals surface area contributed by atoms with Gasteiger partial charge in [-0.15, -0.1) is 0 Å². The Balaban J connectivity index is 2.52. The maximum atomic E-state index is 10.9. The maximum Gasteiger partial charge on any atom is 0.335 e. The van der Waals surface area contributed by atoms with Crippen LogP contribution in [0.4, 0.5) is 0 Å². The molecule has 0 saturated heterocycles. The smallest absolute Gasteiger partial charge is 0.335 e. The van der Waals surface area contributed by atoms with Crippen molar-refractivity contribution in [2.75, 3.05) is 0 Å². The van der Waals surface area contributed by atoms with Crippen molar-refractivity contribution in [3.8, 4) is 0 Å². The molecule has 1 atom stereocenters. The number of aromatic carboxylic acids is 1. The van der Waals surface area contributed by atoms with Gasteiger partial charge in [-0.05, 0) is 30.5 Å². The number of carbonyl (C=O) groups is 1. The quantitative estimate of drug-likeness (QED) is 0.900. The summed E-state index contributed by atoms with van der Waals surface area (Å²) in [5.41, 5.74) is 2.03. The zero-order valence-corrected chi connectivity index (χ0v) is 10.9. The van der Waals surface area contributed by atoms with Gasteiger partial charge >= 0.3 is 5.97 Å². The van der Waals surface area contributed by atoms with E-state index < -0.39 is 5.97 Å². The molecule has 0 aliphatic rings. The lowest BCUT2D eigenvalue weighted by Gasteiger charge is -2.21. The second kappa shape index (κ2) is 4.80. The molecule has 1 unspecified atom stereocenters. The van der Waals surface area contributed by atoms with Crippen LogP contribution in [0.2, 0.25) is 0 Å². The fraction of sp³-hybridized carbons (Fsp3) is 0.429. The second-order valence-electron chi connectivity index (χ2n) is 4.88. The van der Waals surface area contributed by atoms with Crippen molar-refractivity contribution in [1.82, 2.24) is 9.55 Å². The number of carboxylic acid groups (broad SMARTS) is 1. The summed E-state index contributed by atoms with van der Waals surface area (Å²) in [4.78, 5) is 15.2. The molecular weight excluding hydrogens is 228 g/mol. The van der Waals surface area contributed by atoms with E-state index in [9.17, 15) is 4.79 Å². The highest BCUT2D eigenvalue weighted by Gasteiger charge is 2.16. The van der Waals surface area contributed by atoms with E-state index in [1.807, 2.05) is 12.4 Å². The van der Waals surface area contributed by atoms with Gasteiger partial charge in [-0.2, -0.15) is 0 Å². The normalized spacial score (nSPS) is 13.1. The lowest BCUT2D eigenvalue weighted by Crippen LogP contribution is -2.13. The summed E-state index contributed by atoms with van der Waals surface area (Å²) in [7, 11) is 0. The molecule has 0 spiro atoms. The molecule has 1 aromatic heterocycles. The van der Waals surface area contributed by atoms with Gasteiger partial charge in [0.05, 0.1) is 22.9 Å². The van der Waals surface area contributed by atoms with Gasteiger partial charge in [0.1, 0.15) is 0 Å². The lowest BCUT2D eigenvalue weighted by molar-refractivity contribution is 0.0697. The van der Waals surface area contributed by atoms with Crippen LogP contribution >= 0.6 is 0 Å². The first-order valence-electron chi connectivity index (χ1n) is 6.24. The SMILES string of the molecule is CCC(C(C)C)n1cnc2cc(C(=O)O)ccc21. The van der Waals surface area contributed by atoms with Crippen molar-refractivity contribution in [2.24, 2.45) is 5.92 Å². The number of carboxylic acids is 1. The van der Waals surface area contributed by atoms with Crippen LogP contribution in [0.5, 0.6) is 0 Å². The summed E-state index contributed by atoms with van der Waals surface area (Å²) in [6, 6.07) is 5.50. The van der Waals surface area contributed by atoms with E-state index in [4.69, 9.17) is 5.11 Å². The highest BCUT2D eigenvalue weighted by molar-refractivity contribution is 5.92. The molecule has 2 rings (SSSR count). The molecule has 1 heterocycles. The van der Waals surface area contributed by atoms with E-state index in [1.165, 1.54) is 0 Å². The fourth-order valence-electron chi connectivity index (χ4n) is 2.42. The molecule has 4 nitrogen and oxygen atoms in total. The third-order valence-electron chi connectivity index (χ3n) is 3.37. The van der Waals surface area contributed by atoms with Crippen LogP contribution in [0, 0.1) is 5.92 Å². The van der Waals surface area contributed by atoms with Gasteiger partial charge in [0.25, 0.3) is 0 Å². The van der Waals surface area contributed by atoms with Gasteiger partial charge in [0.15, 0.2) is 0 Å². The average Bonchev–Trinajstić information content (AvgIpc) is 2.73. The van der Waals surface area contributed by atoms with Crippen molar-refractivity contribution in [3.63, 3.8) is 0 Å². The summed E-state index contributed by atoms with van der Waals surface area (Å²) in [6.45, 7) is 6.53. The minimum Gasteiger partial charge on any atom is -0.478 e. The minimum atomic E-state index is -0.914. The van der Waals surface area contributed by atoms with E-state index in [0.717, 1.165) is 17.5 Å². The molecule has 0 fully saturated rings. The first-order chi connectivity index (χ1) is 8.54. The number of aromatic nitrogens is 2. The highest BCUT2D eigenvalue weighted by atomic mass is 16.4. The summed E-state index contributed by atoms with van der Waals surface area (Å²) < 4.78 is 2.14. The number of rotatable bonds is 4. The average molecular weight is 246 g/mol. The van der Waals surface area contributed by atoms with Crippen molar-refractivity contribution < 1.29 is 9.90 Å². The number of hydrogen-bond acceptors (Lipinski definition) is 2. The van der Waals surface area contributed by atoms with Gasteiger partial charge < -0.3 is 9.67 Å².